The van der Waals surface area contributed by atoms with Crippen LogP contribution in [0.2, 0.25) is 0 Å². The van der Waals surface area contributed by atoms with Crippen molar-refractivity contribution in [2.75, 3.05) is 10.0 Å². The highest BCUT2D eigenvalue weighted by molar-refractivity contribution is 7.93. The minimum atomic E-state index is -3.85. The molecule has 0 radical (unpaired) electrons. The molecule has 2 N–H and O–H groups in total. The van der Waals surface area contributed by atoms with E-state index in [4.69, 9.17) is 0 Å². The van der Waals surface area contributed by atoms with Crippen LogP contribution in [0.25, 0.3) is 10.9 Å². The summed E-state index contributed by atoms with van der Waals surface area (Å²) < 4.78 is 28.5. The third-order valence-corrected chi connectivity index (χ3v) is 6.61. The Balaban J connectivity index is 1.54. The van der Waals surface area contributed by atoms with Gasteiger partial charge in [-0.3, -0.25) is 14.5 Å². The highest BCUT2D eigenvalue weighted by Gasteiger charge is 2.18. The molecule has 162 valence electrons. The van der Waals surface area contributed by atoms with E-state index in [-0.39, 0.29) is 10.8 Å². The monoisotopic (exact) mass is 445 g/mol. The molecule has 32 heavy (non-hydrogen) atoms. The number of hydrogen-bond donors (Lipinski definition) is 2. The van der Waals surface area contributed by atoms with Gasteiger partial charge >= 0.3 is 0 Å². The summed E-state index contributed by atoms with van der Waals surface area (Å²) in [6, 6.07) is 18.9. The number of sulfonamides is 1. The molecule has 0 aliphatic carbocycles. The number of rotatable bonds is 5. The molecular weight excluding hydrogens is 422 g/mol. The molecule has 1 aromatic heterocycles. The molecule has 0 saturated carbocycles. The van der Waals surface area contributed by atoms with Crippen molar-refractivity contribution in [3.63, 3.8) is 0 Å². The molecule has 0 spiro atoms. The van der Waals surface area contributed by atoms with E-state index < -0.39 is 10.0 Å². The summed E-state index contributed by atoms with van der Waals surface area (Å²) in [7, 11) is -3.85. The molecule has 0 unspecified atom stereocenters. The Morgan fingerprint density at radius 2 is 1.53 bits per heavy atom. The van der Waals surface area contributed by atoms with Crippen molar-refractivity contribution in [3.05, 3.63) is 95.2 Å². The smallest absolute Gasteiger partial charge is 0.264 e. The maximum atomic E-state index is 12.9. The zero-order valence-corrected chi connectivity index (χ0v) is 18.8. The maximum Gasteiger partial charge on any atom is 0.264 e. The Labute approximate surface area is 187 Å². The van der Waals surface area contributed by atoms with Gasteiger partial charge < -0.3 is 5.32 Å². The molecule has 4 aromatic rings. The van der Waals surface area contributed by atoms with Crippen LogP contribution in [0.5, 0.6) is 0 Å². The van der Waals surface area contributed by atoms with Gasteiger partial charge in [0.05, 0.1) is 5.52 Å². The number of benzene rings is 3. The van der Waals surface area contributed by atoms with Gasteiger partial charge in [-0.1, -0.05) is 35.9 Å². The number of carbonyl (C=O) groups is 1. The van der Waals surface area contributed by atoms with Gasteiger partial charge in [0.2, 0.25) is 0 Å². The number of anilines is 2. The summed E-state index contributed by atoms with van der Waals surface area (Å²) in [5, 5.41) is 3.69. The minimum Gasteiger partial charge on any atom is -0.322 e. The van der Waals surface area contributed by atoms with Crippen molar-refractivity contribution in [1.29, 1.82) is 0 Å². The summed E-state index contributed by atoms with van der Waals surface area (Å²) in [4.78, 5) is 17.0. The molecule has 1 heterocycles. The Hall–Kier alpha value is -3.71. The summed E-state index contributed by atoms with van der Waals surface area (Å²) in [5.74, 6) is -0.257. The van der Waals surface area contributed by atoms with E-state index in [1.165, 1.54) is 6.07 Å². The van der Waals surface area contributed by atoms with E-state index in [1.54, 1.807) is 42.6 Å². The molecule has 0 fully saturated rings. The van der Waals surface area contributed by atoms with Crippen LogP contribution in [-0.4, -0.2) is 19.3 Å². The predicted octanol–water partition coefficient (Wildman–Crippen LogP) is 5.21. The number of hydrogen-bond acceptors (Lipinski definition) is 4. The third kappa shape index (κ3) is 4.33. The maximum absolute atomic E-state index is 12.9. The molecule has 4 rings (SSSR count). The number of nitrogens with one attached hydrogen (secondary N) is 2. The fourth-order valence-corrected chi connectivity index (χ4v) is 4.99. The van der Waals surface area contributed by atoms with Gasteiger partial charge in [0, 0.05) is 28.5 Å². The van der Waals surface area contributed by atoms with Gasteiger partial charge in [-0.05, 0) is 68.3 Å². The lowest BCUT2D eigenvalue weighted by atomic mass is 10.0. The van der Waals surface area contributed by atoms with E-state index in [9.17, 15) is 13.2 Å². The van der Waals surface area contributed by atoms with Crippen LogP contribution in [0.3, 0.4) is 0 Å². The van der Waals surface area contributed by atoms with Gasteiger partial charge in [0.25, 0.3) is 15.9 Å². The number of pyridine rings is 1. The number of carbonyl (C=O) groups excluding carboxylic acids is 1. The van der Waals surface area contributed by atoms with Gasteiger partial charge in [0.15, 0.2) is 0 Å². The highest BCUT2D eigenvalue weighted by Crippen LogP contribution is 2.25. The fraction of sp³-hybridized carbons (Fsp3) is 0.120. The lowest BCUT2D eigenvalue weighted by Crippen LogP contribution is -2.15. The highest BCUT2D eigenvalue weighted by atomic mass is 32.2. The first-order chi connectivity index (χ1) is 15.2. The number of aryl methyl sites for hydroxylation is 3. The molecule has 1 amide bonds. The second-order valence-electron chi connectivity index (χ2n) is 7.74. The SMILES string of the molecule is Cc1cc(C)c(NC(=O)c2ccc(NS(=O)(=O)c3cccc4cccnc34)cc2)c(C)c1. The first kappa shape index (κ1) is 21.5. The molecule has 0 aliphatic heterocycles. The van der Waals surface area contributed by atoms with Crippen LogP contribution < -0.4 is 10.0 Å². The number of para-hydroxylation sites is 1. The number of fused-ring (bicyclic) bond motifs is 1. The summed E-state index contributed by atoms with van der Waals surface area (Å²) in [5.41, 5.74) is 5.09. The average molecular weight is 446 g/mol. The molecule has 0 atom stereocenters. The second-order valence-corrected chi connectivity index (χ2v) is 9.39. The van der Waals surface area contributed by atoms with Crippen molar-refractivity contribution < 1.29 is 13.2 Å². The number of nitrogens with zero attached hydrogens (tertiary/aromatic N) is 1. The average Bonchev–Trinajstić information content (AvgIpc) is 2.76. The molecule has 6 nitrogen and oxygen atoms in total. The fourth-order valence-electron chi connectivity index (χ4n) is 3.76. The zero-order chi connectivity index (χ0) is 22.9. The molecule has 0 saturated heterocycles. The number of aromatic nitrogens is 1. The van der Waals surface area contributed by atoms with Crippen LogP contribution in [0.1, 0.15) is 27.0 Å². The molecule has 0 aliphatic rings. The molecule has 7 heteroatoms. The summed E-state index contributed by atoms with van der Waals surface area (Å²) >= 11 is 0. The third-order valence-electron chi connectivity index (χ3n) is 5.20. The lowest BCUT2D eigenvalue weighted by Gasteiger charge is -2.13. The van der Waals surface area contributed by atoms with Crippen molar-refractivity contribution in [3.8, 4) is 0 Å². The van der Waals surface area contributed by atoms with Crippen LogP contribution in [0.15, 0.2) is 77.8 Å². The van der Waals surface area contributed by atoms with E-state index in [0.29, 0.717) is 16.8 Å². The first-order valence-electron chi connectivity index (χ1n) is 10.1. The van der Waals surface area contributed by atoms with Crippen LogP contribution in [-0.2, 0) is 10.0 Å². The lowest BCUT2D eigenvalue weighted by molar-refractivity contribution is 0.102. The zero-order valence-electron chi connectivity index (χ0n) is 18.0. The van der Waals surface area contributed by atoms with Gasteiger partial charge in [0.1, 0.15) is 4.90 Å². The Morgan fingerprint density at radius 1 is 0.875 bits per heavy atom. The Bertz CT molecular complexity index is 1400. The summed E-state index contributed by atoms with van der Waals surface area (Å²) in [6.07, 6.45) is 1.56. The minimum absolute atomic E-state index is 0.0998. The largest absolute Gasteiger partial charge is 0.322 e. The van der Waals surface area contributed by atoms with Gasteiger partial charge in [-0.25, -0.2) is 8.42 Å². The summed E-state index contributed by atoms with van der Waals surface area (Å²) in [6.45, 7) is 5.92. The first-order valence-corrected chi connectivity index (χ1v) is 11.6. The predicted molar refractivity (Wildman–Crippen MR) is 128 cm³/mol. The molecule has 3 aromatic carbocycles. The van der Waals surface area contributed by atoms with Crippen molar-refractivity contribution in [2.24, 2.45) is 0 Å². The molecule has 0 bridgehead atoms. The van der Waals surface area contributed by atoms with E-state index in [0.717, 1.165) is 27.8 Å². The second kappa shape index (κ2) is 8.43. The van der Waals surface area contributed by atoms with Crippen molar-refractivity contribution in [2.45, 2.75) is 25.7 Å². The van der Waals surface area contributed by atoms with Gasteiger partial charge in [-0.15, -0.1) is 0 Å². The van der Waals surface area contributed by atoms with Gasteiger partial charge in [-0.2, -0.15) is 0 Å². The Kier molecular flexibility index (Phi) is 5.67. The van der Waals surface area contributed by atoms with Crippen LogP contribution in [0.4, 0.5) is 11.4 Å². The quantitative estimate of drug-likeness (QED) is 0.441. The van der Waals surface area contributed by atoms with Crippen molar-refractivity contribution >= 4 is 38.2 Å². The standard InChI is InChI=1S/C25H23N3O3S/c1-16-14-17(2)23(18(3)15-16)27-25(29)20-9-11-21(12-10-20)28-32(30,31)22-8-4-6-19-7-5-13-26-24(19)22/h4-15,28H,1-3H3,(H,27,29). The van der Waals surface area contributed by atoms with E-state index in [1.807, 2.05) is 45.0 Å². The van der Waals surface area contributed by atoms with Crippen LogP contribution in [0, 0.1) is 20.8 Å². The number of amides is 1. The Morgan fingerprint density at radius 3 is 2.22 bits per heavy atom. The van der Waals surface area contributed by atoms with E-state index >= 15 is 0 Å². The van der Waals surface area contributed by atoms with Crippen molar-refractivity contribution in [1.82, 2.24) is 4.98 Å². The van der Waals surface area contributed by atoms with E-state index in [2.05, 4.69) is 15.0 Å². The normalized spacial score (nSPS) is 11.3. The topological polar surface area (TPSA) is 88.2 Å². The molecular formula is C25H23N3O3S. The van der Waals surface area contributed by atoms with Crippen LogP contribution >= 0.6 is 0 Å².